The molecule has 0 radical (unpaired) electrons. The molecule has 19 heavy (non-hydrogen) atoms. The number of carbonyl (C=O) groups is 1. The Kier molecular flexibility index (Phi) is 2.91. The highest BCUT2D eigenvalue weighted by Gasteiger charge is 2.47. The molecule has 0 aromatic heterocycles. The molecule has 2 aliphatic rings. The lowest BCUT2D eigenvalue weighted by Gasteiger charge is -2.22. The van der Waals surface area contributed by atoms with Crippen molar-refractivity contribution in [3.8, 4) is 0 Å². The number of ether oxygens (including phenoxy) is 2. The topological polar surface area (TPSA) is 59.0 Å². The third kappa shape index (κ3) is 1.86. The van der Waals surface area contributed by atoms with Crippen LogP contribution in [-0.4, -0.2) is 35.7 Å². The van der Waals surface area contributed by atoms with Crippen LogP contribution in [0.4, 0.5) is 0 Å². The van der Waals surface area contributed by atoms with Gasteiger partial charge in [-0.3, -0.25) is 4.79 Å². The fourth-order valence-electron chi connectivity index (χ4n) is 2.64. The van der Waals surface area contributed by atoms with Gasteiger partial charge >= 0.3 is 0 Å². The van der Waals surface area contributed by atoms with E-state index in [1.165, 1.54) is 7.11 Å². The fraction of sp³-hybridized carbons (Fsp3) is 0.357. The van der Waals surface area contributed by atoms with Gasteiger partial charge in [-0.05, 0) is 0 Å². The van der Waals surface area contributed by atoms with Crippen molar-refractivity contribution >= 4 is 5.91 Å². The quantitative estimate of drug-likeness (QED) is 0.650. The zero-order valence-corrected chi connectivity index (χ0v) is 10.6. The third-order valence-electron chi connectivity index (χ3n) is 3.56. The molecule has 2 heterocycles. The molecule has 0 spiro atoms. The number of fused-ring (bicyclic) bond motifs is 1. The van der Waals surface area contributed by atoms with E-state index in [4.69, 9.17) is 9.47 Å². The van der Waals surface area contributed by atoms with E-state index in [-0.39, 0.29) is 24.1 Å². The lowest BCUT2D eigenvalue weighted by molar-refractivity contribution is -0.131. The van der Waals surface area contributed by atoms with Gasteiger partial charge in [0, 0.05) is 12.0 Å². The molecule has 0 unspecified atom stereocenters. The highest BCUT2D eigenvalue weighted by Crippen LogP contribution is 2.39. The van der Waals surface area contributed by atoms with Gasteiger partial charge < -0.3 is 19.5 Å². The molecule has 3 rings (SSSR count). The predicted octanol–water partition coefficient (Wildman–Crippen LogP) is 1.73. The first-order valence-corrected chi connectivity index (χ1v) is 6.17. The summed E-state index contributed by atoms with van der Waals surface area (Å²) in [7, 11) is 1.35. The minimum absolute atomic E-state index is 0.0231. The molecule has 1 aromatic carbocycles. The maximum Gasteiger partial charge on any atom is 0.285 e. The van der Waals surface area contributed by atoms with Gasteiger partial charge in [0.1, 0.15) is 0 Å². The molecule has 5 nitrogen and oxygen atoms in total. The molecule has 2 fully saturated rings. The van der Waals surface area contributed by atoms with Crippen LogP contribution < -0.4 is 0 Å². The number of amides is 1. The minimum Gasteiger partial charge on any atom is -0.481 e. The summed E-state index contributed by atoms with van der Waals surface area (Å²) >= 11 is 0. The number of benzene rings is 1. The average Bonchev–Trinajstić information content (AvgIpc) is 3.00. The summed E-state index contributed by atoms with van der Waals surface area (Å²) in [6.45, 7) is 0.478. The SMILES string of the molecule is COC(O)=C1C[C@@H]2CO[C@@H](c3ccccc3)N2C1=O. The number of nitrogens with zero attached hydrogens (tertiary/aromatic N) is 1. The van der Waals surface area contributed by atoms with Crippen molar-refractivity contribution in [3.63, 3.8) is 0 Å². The van der Waals surface area contributed by atoms with Gasteiger partial charge in [0.15, 0.2) is 6.23 Å². The lowest BCUT2D eigenvalue weighted by atomic mass is 10.2. The molecule has 2 saturated heterocycles. The van der Waals surface area contributed by atoms with Crippen LogP contribution >= 0.6 is 0 Å². The molecule has 1 amide bonds. The molecule has 2 aliphatic heterocycles. The first-order chi connectivity index (χ1) is 9.22. The van der Waals surface area contributed by atoms with Gasteiger partial charge in [-0.2, -0.15) is 0 Å². The summed E-state index contributed by atoms with van der Waals surface area (Å²) in [5.74, 6) is -0.498. The summed E-state index contributed by atoms with van der Waals surface area (Å²) in [5.41, 5.74) is 1.27. The van der Waals surface area contributed by atoms with Crippen molar-refractivity contribution in [2.75, 3.05) is 13.7 Å². The van der Waals surface area contributed by atoms with E-state index in [0.717, 1.165) is 5.56 Å². The molecule has 100 valence electrons. The first kappa shape index (κ1) is 12.0. The summed E-state index contributed by atoms with van der Waals surface area (Å²) in [6, 6.07) is 9.58. The standard InChI is InChI=1S/C14H15NO4/c1-18-14(17)11-7-10-8-19-13(15(10)12(11)16)9-5-3-2-4-6-9/h2-6,10,13,17H,7-8H2,1H3/t10-,13+/m1/s1. The molecular weight excluding hydrogens is 246 g/mol. The van der Waals surface area contributed by atoms with Crippen molar-refractivity contribution in [2.24, 2.45) is 0 Å². The average molecular weight is 261 g/mol. The normalized spacial score (nSPS) is 28.5. The predicted molar refractivity (Wildman–Crippen MR) is 67.0 cm³/mol. The Morgan fingerprint density at radius 3 is 2.84 bits per heavy atom. The second-order valence-electron chi connectivity index (χ2n) is 4.65. The lowest BCUT2D eigenvalue weighted by Crippen LogP contribution is -2.31. The van der Waals surface area contributed by atoms with Gasteiger partial charge in [0.05, 0.1) is 25.3 Å². The smallest absolute Gasteiger partial charge is 0.285 e. The molecule has 0 bridgehead atoms. The third-order valence-corrected chi connectivity index (χ3v) is 3.56. The number of aliphatic hydroxyl groups is 1. The van der Waals surface area contributed by atoms with Gasteiger partial charge in [0.2, 0.25) is 0 Å². The van der Waals surface area contributed by atoms with Crippen molar-refractivity contribution in [3.05, 3.63) is 47.4 Å². The van der Waals surface area contributed by atoms with Crippen molar-refractivity contribution < 1.29 is 19.4 Å². The van der Waals surface area contributed by atoms with E-state index in [9.17, 15) is 9.90 Å². The Bertz CT molecular complexity index is 526. The van der Waals surface area contributed by atoms with Gasteiger partial charge in [-0.15, -0.1) is 0 Å². The van der Waals surface area contributed by atoms with Crippen LogP contribution in [0.3, 0.4) is 0 Å². The molecule has 1 aromatic rings. The van der Waals surface area contributed by atoms with E-state index in [1.54, 1.807) is 4.90 Å². The summed E-state index contributed by atoms with van der Waals surface area (Å²) in [4.78, 5) is 14.0. The Labute approximate surface area is 111 Å². The number of carbonyl (C=O) groups excluding carboxylic acids is 1. The number of hydrogen-bond donors (Lipinski definition) is 1. The van der Waals surface area contributed by atoms with Crippen LogP contribution in [0.25, 0.3) is 0 Å². The minimum atomic E-state index is -0.374. The van der Waals surface area contributed by atoms with E-state index in [1.807, 2.05) is 30.3 Å². The van der Waals surface area contributed by atoms with Crippen LogP contribution in [0.5, 0.6) is 0 Å². The van der Waals surface area contributed by atoms with Gasteiger partial charge in [0.25, 0.3) is 11.9 Å². The Hall–Kier alpha value is -2.01. The van der Waals surface area contributed by atoms with E-state index < -0.39 is 0 Å². The number of hydrogen-bond acceptors (Lipinski definition) is 4. The summed E-state index contributed by atoms with van der Waals surface area (Å²) in [5, 5.41) is 9.61. The second kappa shape index (κ2) is 4.59. The Balaban J connectivity index is 1.92. The van der Waals surface area contributed by atoms with Crippen molar-refractivity contribution in [1.82, 2.24) is 4.90 Å². The van der Waals surface area contributed by atoms with Gasteiger partial charge in [-0.1, -0.05) is 30.3 Å². The Morgan fingerprint density at radius 1 is 1.42 bits per heavy atom. The molecule has 0 aliphatic carbocycles. The molecule has 2 atom stereocenters. The number of rotatable bonds is 2. The van der Waals surface area contributed by atoms with E-state index in [0.29, 0.717) is 18.6 Å². The molecule has 5 heteroatoms. The van der Waals surface area contributed by atoms with E-state index >= 15 is 0 Å². The monoisotopic (exact) mass is 261 g/mol. The highest BCUT2D eigenvalue weighted by atomic mass is 16.6. The second-order valence-corrected chi connectivity index (χ2v) is 4.65. The summed E-state index contributed by atoms with van der Waals surface area (Å²) in [6.07, 6.45) is 0.0860. The van der Waals surface area contributed by atoms with E-state index in [2.05, 4.69) is 0 Å². The molecular formula is C14H15NO4. The van der Waals surface area contributed by atoms with Crippen LogP contribution in [-0.2, 0) is 14.3 Å². The first-order valence-electron chi connectivity index (χ1n) is 6.17. The van der Waals surface area contributed by atoms with Crippen molar-refractivity contribution in [2.45, 2.75) is 18.7 Å². The van der Waals surface area contributed by atoms with Crippen LogP contribution in [0, 0.1) is 0 Å². The zero-order valence-electron chi connectivity index (χ0n) is 10.6. The van der Waals surface area contributed by atoms with Gasteiger partial charge in [-0.25, -0.2) is 0 Å². The van der Waals surface area contributed by atoms with Crippen LogP contribution in [0.2, 0.25) is 0 Å². The van der Waals surface area contributed by atoms with Crippen LogP contribution in [0.1, 0.15) is 18.2 Å². The number of aliphatic hydroxyl groups excluding tert-OH is 1. The summed E-state index contributed by atoms with van der Waals surface area (Å²) < 4.78 is 10.5. The highest BCUT2D eigenvalue weighted by molar-refractivity contribution is 5.96. The zero-order chi connectivity index (χ0) is 13.4. The maximum absolute atomic E-state index is 12.3. The largest absolute Gasteiger partial charge is 0.481 e. The fourth-order valence-corrected chi connectivity index (χ4v) is 2.64. The maximum atomic E-state index is 12.3. The molecule has 0 saturated carbocycles. The number of methoxy groups -OCH3 is 1. The van der Waals surface area contributed by atoms with Crippen LogP contribution in [0.15, 0.2) is 41.9 Å². The molecule has 1 N–H and O–H groups in total. The van der Waals surface area contributed by atoms with Crippen molar-refractivity contribution in [1.29, 1.82) is 0 Å². The Morgan fingerprint density at radius 2 is 2.16 bits per heavy atom.